The smallest absolute Gasteiger partial charge is 0.274 e. The molecule has 1 unspecified atom stereocenters. The highest BCUT2D eigenvalue weighted by molar-refractivity contribution is 6.04. The minimum Gasteiger partial charge on any atom is -0.349 e. The lowest BCUT2D eigenvalue weighted by atomic mass is 10.0. The molecule has 0 saturated heterocycles. The van der Waals surface area contributed by atoms with Crippen molar-refractivity contribution in [3.05, 3.63) is 76.2 Å². The Morgan fingerprint density at radius 3 is 2.20 bits per heavy atom. The van der Waals surface area contributed by atoms with Gasteiger partial charge in [-0.2, -0.15) is 5.10 Å². The number of carbonyl (C=O) groups is 1. The lowest BCUT2D eigenvalue weighted by molar-refractivity contribution is 0.0929. The molecule has 0 aliphatic heterocycles. The van der Waals surface area contributed by atoms with Crippen LogP contribution in [0.2, 0.25) is 0 Å². The van der Waals surface area contributed by atoms with Crippen molar-refractivity contribution in [3.8, 4) is 0 Å². The standard InChI is InChI=1S/C24H30N4O2/c1-5-27(6-2)21(18-12-8-7-9-13-18)16-25-23(29)22-19-14-10-11-15-20(19)24(30)28(26-22)17(3)4/h7-15,17,21H,5-6,16H2,1-4H3,(H,25,29). The molecule has 0 saturated carbocycles. The lowest BCUT2D eigenvalue weighted by Crippen LogP contribution is -2.39. The fraction of sp³-hybridized carbons (Fsp3) is 0.375. The highest BCUT2D eigenvalue weighted by Crippen LogP contribution is 2.20. The molecule has 1 aromatic heterocycles. The summed E-state index contributed by atoms with van der Waals surface area (Å²) >= 11 is 0. The number of nitrogens with zero attached hydrogens (tertiary/aromatic N) is 3. The van der Waals surface area contributed by atoms with Gasteiger partial charge in [0.1, 0.15) is 0 Å². The van der Waals surface area contributed by atoms with Crippen LogP contribution in [0.3, 0.4) is 0 Å². The Morgan fingerprint density at radius 1 is 1.00 bits per heavy atom. The Bertz CT molecular complexity index is 1060. The molecule has 3 aromatic rings. The molecule has 3 rings (SSSR count). The summed E-state index contributed by atoms with van der Waals surface area (Å²) in [6.45, 7) is 10.2. The normalized spacial score (nSPS) is 12.5. The van der Waals surface area contributed by atoms with Crippen LogP contribution >= 0.6 is 0 Å². The minimum atomic E-state index is -0.270. The second-order valence-electron chi connectivity index (χ2n) is 7.60. The summed E-state index contributed by atoms with van der Waals surface area (Å²) in [5.74, 6) is -0.270. The molecule has 0 fully saturated rings. The topological polar surface area (TPSA) is 67.2 Å². The van der Waals surface area contributed by atoms with E-state index in [1.807, 2.05) is 44.2 Å². The van der Waals surface area contributed by atoms with Gasteiger partial charge in [0.05, 0.1) is 17.5 Å². The molecule has 1 N–H and O–H groups in total. The van der Waals surface area contributed by atoms with E-state index in [1.165, 1.54) is 4.68 Å². The van der Waals surface area contributed by atoms with Crippen molar-refractivity contribution in [1.29, 1.82) is 0 Å². The maximum absolute atomic E-state index is 13.2. The van der Waals surface area contributed by atoms with Crippen LogP contribution in [0.1, 0.15) is 55.8 Å². The van der Waals surface area contributed by atoms with Gasteiger partial charge < -0.3 is 5.32 Å². The number of carbonyl (C=O) groups excluding carboxylic acids is 1. The number of hydrogen-bond acceptors (Lipinski definition) is 4. The second-order valence-corrected chi connectivity index (χ2v) is 7.60. The average Bonchev–Trinajstić information content (AvgIpc) is 2.77. The monoisotopic (exact) mass is 406 g/mol. The molecule has 1 amide bonds. The fourth-order valence-corrected chi connectivity index (χ4v) is 3.79. The van der Waals surface area contributed by atoms with E-state index in [-0.39, 0.29) is 29.2 Å². The number of rotatable bonds is 8. The van der Waals surface area contributed by atoms with Crippen molar-refractivity contribution < 1.29 is 4.79 Å². The number of aromatic nitrogens is 2. The van der Waals surface area contributed by atoms with Gasteiger partial charge >= 0.3 is 0 Å². The maximum Gasteiger partial charge on any atom is 0.274 e. The van der Waals surface area contributed by atoms with E-state index in [9.17, 15) is 9.59 Å². The van der Waals surface area contributed by atoms with Crippen molar-refractivity contribution in [2.45, 2.75) is 39.8 Å². The van der Waals surface area contributed by atoms with E-state index in [2.05, 4.69) is 41.3 Å². The molecule has 6 nitrogen and oxygen atoms in total. The van der Waals surface area contributed by atoms with E-state index in [0.717, 1.165) is 18.7 Å². The second kappa shape index (κ2) is 9.67. The van der Waals surface area contributed by atoms with Crippen LogP contribution in [-0.4, -0.2) is 40.2 Å². The molecule has 1 heterocycles. The number of fused-ring (bicyclic) bond motifs is 1. The minimum absolute atomic E-state index is 0.0624. The van der Waals surface area contributed by atoms with Crippen molar-refractivity contribution in [3.63, 3.8) is 0 Å². The summed E-state index contributed by atoms with van der Waals surface area (Å²) in [5, 5.41) is 8.57. The molecule has 30 heavy (non-hydrogen) atoms. The quantitative estimate of drug-likeness (QED) is 0.618. The predicted octanol–water partition coefficient (Wildman–Crippen LogP) is 3.79. The summed E-state index contributed by atoms with van der Waals surface area (Å²) in [6.07, 6.45) is 0. The van der Waals surface area contributed by atoms with Crippen molar-refractivity contribution in [2.75, 3.05) is 19.6 Å². The number of nitrogens with one attached hydrogen (secondary N) is 1. The number of amides is 1. The zero-order chi connectivity index (χ0) is 21.7. The number of benzene rings is 2. The molecule has 158 valence electrons. The zero-order valence-corrected chi connectivity index (χ0v) is 18.1. The van der Waals surface area contributed by atoms with Crippen LogP contribution < -0.4 is 10.9 Å². The van der Waals surface area contributed by atoms with Gasteiger partial charge in [0, 0.05) is 11.9 Å². The summed E-state index contributed by atoms with van der Waals surface area (Å²) in [7, 11) is 0. The first-order chi connectivity index (χ1) is 14.5. The first-order valence-electron chi connectivity index (χ1n) is 10.6. The molecule has 1 atom stereocenters. The Morgan fingerprint density at radius 2 is 1.60 bits per heavy atom. The lowest BCUT2D eigenvalue weighted by Gasteiger charge is -2.30. The average molecular weight is 407 g/mol. The Labute approximate surface area is 177 Å². The van der Waals surface area contributed by atoms with Crippen LogP contribution in [-0.2, 0) is 0 Å². The third-order valence-electron chi connectivity index (χ3n) is 5.43. The number of hydrogen-bond donors (Lipinski definition) is 1. The SMILES string of the molecule is CCN(CC)C(CNC(=O)c1nn(C(C)C)c(=O)c2ccccc12)c1ccccc1. The molecule has 6 heteroatoms. The molecule has 0 bridgehead atoms. The third kappa shape index (κ3) is 4.44. The van der Waals surface area contributed by atoms with Crippen LogP contribution in [0.15, 0.2) is 59.4 Å². The van der Waals surface area contributed by atoms with Gasteiger partial charge in [-0.05, 0) is 38.6 Å². The molecular weight excluding hydrogens is 376 g/mol. The molecule has 0 aliphatic rings. The van der Waals surface area contributed by atoms with Gasteiger partial charge in [-0.1, -0.05) is 62.4 Å². The molecule has 2 aromatic carbocycles. The summed E-state index contributed by atoms with van der Waals surface area (Å²) in [4.78, 5) is 28.2. The third-order valence-corrected chi connectivity index (χ3v) is 5.43. The van der Waals surface area contributed by atoms with Gasteiger partial charge in [-0.25, -0.2) is 4.68 Å². The van der Waals surface area contributed by atoms with Gasteiger partial charge in [0.2, 0.25) is 0 Å². The predicted molar refractivity (Wildman–Crippen MR) is 121 cm³/mol. The van der Waals surface area contributed by atoms with Gasteiger partial charge in [-0.3, -0.25) is 14.5 Å². The van der Waals surface area contributed by atoms with Gasteiger partial charge in [0.15, 0.2) is 5.69 Å². The summed E-state index contributed by atoms with van der Waals surface area (Å²) in [5.41, 5.74) is 1.26. The van der Waals surface area contributed by atoms with E-state index in [4.69, 9.17) is 0 Å². The Kier molecular flexibility index (Phi) is 7.00. The molecule has 0 radical (unpaired) electrons. The van der Waals surface area contributed by atoms with E-state index in [0.29, 0.717) is 17.3 Å². The highest BCUT2D eigenvalue weighted by atomic mass is 16.2. The van der Waals surface area contributed by atoms with Crippen molar-refractivity contribution >= 4 is 16.7 Å². The maximum atomic E-state index is 13.2. The molecular formula is C24H30N4O2. The van der Waals surface area contributed by atoms with Crippen LogP contribution in [0.5, 0.6) is 0 Å². The van der Waals surface area contributed by atoms with Crippen LogP contribution in [0.25, 0.3) is 10.8 Å². The Hall–Kier alpha value is -2.99. The van der Waals surface area contributed by atoms with Crippen LogP contribution in [0, 0.1) is 0 Å². The van der Waals surface area contributed by atoms with Gasteiger partial charge in [0.25, 0.3) is 11.5 Å². The zero-order valence-electron chi connectivity index (χ0n) is 18.1. The van der Waals surface area contributed by atoms with Crippen molar-refractivity contribution in [2.24, 2.45) is 0 Å². The van der Waals surface area contributed by atoms with Gasteiger partial charge in [-0.15, -0.1) is 0 Å². The molecule has 0 spiro atoms. The molecule has 0 aliphatic carbocycles. The largest absolute Gasteiger partial charge is 0.349 e. The summed E-state index contributed by atoms with van der Waals surface area (Å²) in [6, 6.07) is 17.3. The van der Waals surface area contributed by atoms with Crippen LogP contribution in [0.4, 0.5) is 0 Å². The highest BCUT2D eigenvalue weighted by Gasteiger charge is 2.22. The van der Waals surface area contributed by atoms with Crippen molar-refractivity contribution in [1.82, 2.24) is 20.0 Å². The first kappa shape index (κ1) is 21.7. The van der Waals surface area contributed by atoms with E-state index >= 15 is 0 Å². The fourth-order valence-electron chi connectivity index (χ4n) is 3.79. The first-order valence-corrected chi connectivity index (χ1v) is 10.6. The van der Waals surface area contributed by atoms with E-state index < -0.39 is 0 Å². The van der Waals surface area contributed by atoms with E-state index in [1.54, 1.807) is 12.1 Å². The Balaban J connectivity index is 1.94. The number of likely N-dealkylation sites (N-methyl/N-ethyl adjacent to an activating group) is 1. The summed E-state index contributed by atoms with van der Waals surface area (Å²) < 4.78 is 1.39.